The molecule has 2 aromatic heterocycles. The maximum atomic E-state index is 15.2. The zero-order chi connectivity index (χ0) is 34.6. The van der Waals surface area contributed by atoms with Crippen LogP contribution in [0, 0.1) is 45.4 Å². The van der Waals surface area contributed by atoms with Crippen LogP contribution in [0.1, 0.15) is 16.7 Å². The molecule has 0 saturated carbocycles. The number of fused-ring (bicyclic) bond motifs is 4. The van der Waals surface area contributed by atoms with Crippen LogP contribution in [0.15, 0.2) is 134 Å². The van der Waals surface area contributed by atoms with Gasteiger partial charge in [-0.1, -0.05) is 71.7 Å². The third kappa shape index (κ3) is 5.83. The second-order valence-electron chi connectivity index (χ2n) is 13.0. The number of benzene rings is 6. The fourth-order valence-electron chi connectivity index (χ4n) is 7.08. The number of pyridine rings is 1. The first kappa shape index (κ1) is 33.4. The minimum atomic E-state index is -0.299. The Morgan fingerprint density at radius 2 is 1.38 bits per heavy atom. The van der Waals surface area contributed by atoms with Crippen molar-refractivity contribution < 1.29 is 30.2 Å². The van der Waals surface area contributed by atoms with Crippen molar-refractivity contribution in [3.05, 3.63) is 175 Å². The molecule has 1 aliphatic rings. The van der Waals surface area contributed by atoms with Crippen LogP contribution in [-0.2, 0) is 21.1 Å². The van der Waals surface area contributed by atoms with E-state index in [4.69, 9.17) is 9.72 Å². The number of nitrogens with zero attached hydrogens (tertiary/aromatic N) is 4. The molecule has 8 aromatic rings. The summed E-state index contributed by atoms with van der Waals surface area (Å²) < 4.78 is 24.0. The van der Waals surface area contributed by atoms with Gasteiger partial charge in [0.15, 0.2) is 0 Å². The Labute approximate surface area is 316 Å². The van der Waals surface area contributed by atoms with E-state index in [1.54, 1.807) is 12.1 Å². The van der Waals surface area contributed by atoms with Crippen molar-refractivity contribution in [1.29, 1.82) is 0 Å². The zero-order valence-electron chi connectivity index (χ0n) is 28.7. The summed E-state index contributed by atoms with van der Waals surface area (Å²) in [5, 5.41) is 2.18. The number of halogens is 1. The maximum absolute atomic E-state index is 15.2. The van der Waals surface area contributed by atoms with E-state index in [-0.39, 0.29) is 26.9 Å². The van der Waals surface area contributed by atoms with Crippen LogP contribution in [0.3, 0.4) is 0 Å². The number of ether oxygens (including phenoxy) is 1. The van der Waals surface area contributed by atoms with Gasteiger partial charge in [-0.15, -0.1) is 53.6 Å². The molecule has 3 heterocycles. The van der Waals surface area contributed by atoms with E-state index in [0.29, 0.717) is 17.2 Å². The van der Waals surface area contributed by atoms with Crippen molar-refractivity contribution in [3.63, 3.8) is 0 Å². The standard InChI is InChI=1S/C45H32FN4O.Pt/c1-29-16-18-36(31(3)22-29)32-24-33(48-28-49(41-13-7-5-11-39(41)46)43-15-9-8-14-42(43)48)26-35(25-32)51-34-17-19-38-37-10-4-6-12-40(37)50(44(38)27-34)45-23-30(2)20-21-47-45;/h4-25,28H,1-3H3;/q-3;. The summed E-state index contributed by atoms with van der Waals surface area (Å²) in [5.41, 5.74) is 10.5. The molecule has 0 amide bonds. The average molecular weight is 859 g/mol. The average Bonchev–Trinajstić information content (AvgIpc) is 3.68. The van der Waals surface area contributed by atoms with E-state index in [9.17, 15) is 0 Å². The Hall–Kier alpha value is -5.71. The predicted octanol–water partition coefficient (Wildman–Crippen LogP) is 11.7. The molecule has 0 radical (unpaired) electrons. The Morgan fingerprint density at radius 1 is 0.654 bits per heavy atom. The van der Waals surface area contributed by atoms with Crippen molar-refractivity contribution in [1.82, 2.24) is 9.55 Å². The minimum absolute atomic E-state index is 0. The molecule has 0 aliphatic carbocycles. The molecule has 0 saturated heterocycles. The second-order valence-corrected chi connectivity index (χ2v) is 13.0. The summed E-state index contributed by atoms with van der Waals surface area (Å²) in [6.07, 6.45) is 1.83. The molecular weight excluding hydrogens is 827 g/mol. The van der Waals surface area contributed by atoms with E-state index >= 15 is 4.39 Å². The Kier molecular flexibility index (Phi) is 8.64. The molecule has 5 nitrogen and oxygen atoms in total. The summed E-state index contributed by atoms with van der Waals surface area (Å²) in [7, 11) is 0. The third-order valence-electron chi connectivity index (χ3n) is 9.43. The molecule has 9 rings (SSSR count). The van der Waals surface area contributed by atoms with E-state index in [1.165, 1.54) is 11.6 Å². The van der Waals surface area contributed by atoms with Crippen LogP contribution in [0.2, 0.25) is 0 Å². The van der Waals surface area contributed by atoms with Crippen molar-refractivity contribution in [2.24, 2.45) is 0 Å². The zero-order valence-corrected chi connectivity index (χ0v) is 30.9. The van der Waals surface area contributed by atoms with Crippen LogP contribution >= 0.6 is 0 Å². The van der Waals surface area contributed by atoms with Gasteiger partial charge in [-0.3, -0.25) is 0 Å². The minimum Gasteiger partial charge on any atom is -0.509 e. The topological polar surface area (TPSA) is 33.5 Å². The second kappa shape index (κ2) is 13.4. The first-order valence-electron chi connectivity index (χ1n) is 16.9. The number of aryl methyl sites for hydroxylation is 3. The van der Waals surface area contributed by atoms with Crippen molar-refractivity contribution in [2.45, 2.75) is 20.8 Å². The largest absolute Gasteiger partial charge is 0.509 e. The molecule has 52 heavy (non-hydrogen) atoms. The summed E-state index contributed by atoms with van der Waals surface area (Å²) in [4.78, 5) is 8.64. The summed E-state index contributed by atoms with van der Waals surface area (Å²) in [6, 6.07) is 48.9. The monoisotopic (exact) mass is 858 g/mol. The van der Waals surface area contributed by atoms with Gasteiger partial charge in [-0.25, -0.2) is 9.37 Å². The number of hydrogen-bond acceptors (Lipinski definition) is 4. The first-order valence-corrected chi connectivity index (χ1v) is 16.9. The van der Waals surface area contributed by atoms with Crippen LogP contribution in [-0.4, -0.2) is 9.55 Å². The van der Waals surface area contributed by atoms with Gasteiger partial charge in [-0.2, -0.15) is 6.07 Å². The summed E-state index contributed by atoms with van der Waals surface area (Å²) in [6.45, 7) is 8.20. The molecular formula is C45H32FN4OPt-3. The van der Waals surface area contributed by atoms with Gasteiger partial charge in [0.1, 0.15) is 11.6 Å². The molecule has 0 spiro atoms. The molecule has 258 valence electrons. The normalized spacial score (nSPS) is 12.3. The van der Waals surface area contributed by atoms with E-state index in [2.05, 4.69) is 92.1 Å². The smallest absolute Gasteiger partial charge is 0.144 e. The quantitative estimate of drug-likeness (QED) is 0.156. The Balaban J connectivity index is 0.00000387. The first-order chi connectivity index (χ1) is 24.9. The molecule has 0 N–H and O–H groups in total. The SMILES string of the molecule is Cc1ccnc(-n2c3[c-]c(Oc4[c-]c(N5[CH-]N(c6ccccc6F)c6ccccc65)cc(-c5ccc(C)cc5C)c4)ccc3c3ccccc32)c1.[Pt]. The van der Waals surface area contributed by atoms with Gasteiger partial charge in [0.2, 0.25) is 0 Å². The molecule has 0 atom stereocenters. The number of aromatic nitrogens is 2. The Bertz CT molecular complexity index is 2630. The third-order valence-corrected chi connectivity index (χ3v) is 9.43. The number of rotatable bonds is 6. The van der Waals surface area contributed by atoms with Crippen LogP contribution in [0.4, 0.5) is 27.1 Å². The predicted molar refractivity (Wildman–Crippen MR) is 204 cm³/mol. The molecule has 1 aliphatic heterocycles. The Morgan fingerprint density at radius 3 is 2.17 bits per heavy atom. The molecule has 7 heteroatoms. The number of anilines is 4. The van der Waals surface area contributed by atoms with E-state index in [0.717, 1.165) is 66.9 Å². The van der Waals surface area contributed by atoms with Gasteiger partial charge in [0.25, 0.3) is 0 Å². The van der Waals surface area contributed by atoms with Gasteiger partial charge < -0.3 is 19.1 Å². The fraction of sp³-hybridized carbons (Fsp3) is 0.0667. The molecule has 0 fully saturated rings. The summed E-state index contributed by atoms with van der Waals surface area (Å²) >= 11 is 0. The molecule has 0 bridgehead atoms. The summed E-state index contributed by atoms with van der Waals surface area (Å²) in [5.74, 6) is 1.61. The fourth-order valence-corrected chi connectivity index (χ4v) is 7.08. The van der Waals surface area contributed by atoms with Crippen molar-refractivity contribution in [2.75, 3.05) is 9.80 Å². The number of hydrogen-bond donors (Lipinski definition) is 0. The van der Waals surface area contributed by atoms with Crippen molar-refractivity contribution in [3.8, 4) is 28.4 Å². The van der Waals surface area contributed by atoms with E-state index in [1.807, 2.05) is 77.3 Å². The van der Waals surface area contributed by atoms with Gasteiger partial charge in [-0.05, 0) is 85.3 Å². The van der Waals surface area contributed by atoms with Crippen LogP contribution in [0.5, 0.6) is 11.5 Å². The molecule has 0 unspecified atom stereocenters. The van der Waals surface area contributed by atoms with Crippen LogP contribution in [0.25, 0.3) is 38.8 Å². The van der Waals surface area contributed by atoms with Gasteiger partial charge in [0, 0.05) is 61.3 Å². The van der Waals surface area contributed by atoms with Gasteiger partial charge >= 0.3 is 0 Å². The van der Waals surface area contributed by atoms with E-state index < -0.39 is 0 Å². The molecule has 6 aromatic carbocycles. The van der Waals surface area contributed by atoms with Gasteiger partial charge in [0.05, 0.1) is 0 Å². The maximum Gasteiger partial charge on any atom is 0.144 e. The van der Waals surface area contributed by atoms with Crippen molar-refractivity contribution >= 4 is 44.6 Å². The number of para-hydroxylation sites is 4. The van der Waals surface area contributed by atoms with Crippen LogP contribution < -0.4 is 14.5 Å².